The van der Waals surface area contributed by atoms with E-state index in [1.165, 1.54) is 0 Å². The van der Waals surface area contributed by atoms with Crippen LogP contribution in [0.4, 0.5) is 4.79 Å². The minimum absolute atomic E-state index is 0.119. The fourth-order valence-corrected chi connectivity index (χ4v) is 2.05. The molecule has 2 rings (SSSR count). The molecule has 0 saturated carbocycles. The summed E-state index contributed by atoms with van der Waals surface area (Å²) in [5.41, 5.74) is 0. The van der Waals surface area contributed by atoms with Gasteiger partial charge in [-0.15, -0.1) is 0 Å². The normalized spacial score (nSPS) is 30.0. The molecule has 0 aliphatic carbocycles. The van der Waals surface area contributed by atoms with Crippen LogP contribution in [0.3, 0.4) is 0 Å². The summed E-state index contributed by atoms with van der Waals surface area (Å²) < 4.78 is 4.93. The van der Waals surface area contributed by atoms with Gasteiger partial charge in [0.15, 0.2) is 0 Å². The Bertz CT molecular complexity index is 188. The highest BCUT2D eigenvalue weighted by Crippen LogP contribution is 2.17. The van der Waals surface area contributed by atoms with E-state index in [-0.39, 0.29) is 6.09 Å². The van der Waals surface area contributed by atoms with E-state index in [0.717, 1.165) is 38.9 Å². The Hall–Kier alpha value is -0.770. The Balaban J connectivity index is 1.93. The average Bonchev–Trinajstić information content (AvgIpc) is 2.43. The van der Waals surface area contributed by atoms with Gasteiger partial charge in [-0.1, -0.05) is 0 Å². The van der Waals surface area contributed by atoms with Crippen LogP contribution in [0.25, 0.3) is 0 Å². The van der Waals surface area contributed by atoms with Gasteiger partial charge in [-0.2, -0.15) is 0 Å². The quantitative estimate of drug-likeness (QED) is 0.648. The number of rotatable bonds is 1. The van der Waals surface area contributed by atoms with Crippen LogP contribution in [0.15, 0.2) is 0 Å². The number of hydrogen-bond donors (Lipinski definition) is 1. The van der Waals surface area contributed by atoms with Crippen molar-refractivity contribution in [1.82, 2.24) is 10.2 Å². The molecule has 0 aromatic carbocycles. The summed E-state index contributed by atoms with van der Waals surface area (Å²) in [4.78, 5) is 13.2. The minimum atomic E-state index is -0.119. The smallest absolute Gasteiger partial charge is 0.410 e. The van der Waals surface area contributed by atoms with Gasteiger partial charge in [0.2, 0.25) is 0 Å². The van der Waals surface area contributed by atoms with E-state index in [1.54, 1.807) is 0 Å². The maximum Gasteiger partial charge on any atom is 0.410 e. The van der Waals surface area contributed by atoms with Crippen LogP contribution in [0.2, 0.25) is 0 Å². The summed E-state index contributed by atoms with van der Waals surface area (Å²) in [6.45, 7) is 3.46. The number of nitrogens with zero attached hydrogens (tertiary/aromatic N) is 1. The van der Waals surface area contributed by atoms with Crippen molar-refractivity contribution in [3.8, 4) is 0 Å². The molecule has 2 fully saturated rings. The first-order valence-electron chi connectivity index (χ1n) is 5.02. The zero-order chi connectivity index (χ0) is 9.10. The van der Waals surface area contributed by atoms with Crippen LogP contribution in [0, 0.1) is 0 Å². The molecule has 2 heterocycles. The highest BCUT2D eigenvalue weighted by atomic mass is 16.6. The second-order valence-corrected chi connectivity index (χ2v) is 3.64. The van der Waals surface area contributed by atoms with Gasteiger partial charge in [-0.25, -0.2) is 4.79 Å². The molecular formula is C9H16N2O2. The first-order chi connectivity index (χ1) is 6.38. The van der Waals surface area contributed by atoms with Crippen LogP contribution in [-0.4, -0.2) is 43.3 Å². The van der Waals surface area contributed by atoms with E-state index >= 15 is 0 Å². The van der Waals surface area contributed by atoms with Crippen molar-refractivity contribution < 1.29 is 9.53 Å². The molecule has 2 aliphatic rings. The summed E-state index contributed by atoms with van der Waals surface area (Å²) in [7, 11) is 0. The summed E-state index contributed by atoms with van der Waals surface area (Å²) in [6.07, 6.45) is 3.22. The van der Waals surface area contributed by atoms with Crippen LogP contribution >= 0.6 is 0 Å². The molecule has 2 saturated heterocycles. The molecule has 74 valence electrons. The van der Waals surface area contributed by atoms with Crippen molar-refractivity contribution in [2.75, 3.05) is 26.2 Å². The molecule has 0 radical (unpaired) electrons. The molecule has 0 aromatic rings. The van der Waals surface area contributed by atoms with Gasteiger partial charge >= 0.3 is 6.09 Å². The molecule has 1 amide bonds. The van der Waals surface area contributed by atoms with Crippen LogP contribution in [-0.2, 0) is 4.74 Å². The molecule has 4 heteroatoms. The highest BCUT2D eigenvalue weighted by Gasteiger charge is 2.29. The van der Waals surface area contributed by atoms with Crippen molar-refractivity contribution in [2.24, 2.45) is 0 Å². The lowest BCUT2D eigenvalue weighted by Crippen LogP contribution is -2.36. The first kappa shape index (κ1) is 8.81. The molecular weight excluding hydrogens is 168 g/mol. The van der Waals surface area contributed by atoms with Gasteiger partial charge in [0.25, 0.3) is 0 Å². The molecule has 0 bridgehead atoms. The Labute approximate surface area is 78.2 Å². The third-order valence-electron chi connectivity index (χ3n) is 2.78. The van der Waals surface area contributed by atoms with Gasteiger partial charge in [0.05, 0.1) is 6.54 Å². The number of amides is 1. The lowest BCUT2D eigenvalue weighted by Gasteiger charge is -2.23. The SMILES string of the molecule is O=C1OCCN1C1CCCNCC1. The molecule has 13 heavy (non-hydrogen) atoms. The zero-order valence-electron chi connectivity index (χ0n) is 7.79. The van der Waals surface area contributed by atoms with Crippen molar-refractivity contribution in [3.63, 3.8) is 0 Å². The van der Waals surface area contributed by atoms with Gasteiger partial charge in [0.1, 0.15) is 6.61 Å². The predicted molar refractivity (Wildman–Crippen MR) is 48.6 cm³/mol. The Morgan fingerprint density at radius 1 is 1.38 bits per heavy atom. The topological polar surface area (TPSA) is 41.6 Å². The fourth-order valence-electron chi connectivity index (χ4n) is 2.05. The van der Waals surface area contributed by atoms with Gasteiger partial charge < -0.3 is 15.0 Å². The van der Waals surface area contributed by atoms with Gasteiger partial charge in [-0.3, -0.25) is 0 Å². The number of hydrogen-bond acceptors (Lipinski definition) is 3. The summed E-state index contributed by atoms with van der Waals surface area (Å²) in [5.74, 6) is 0. The van der Waals surface area contributed by atoms with Crippen molar-refractivity contribution in [1.29, 1.82) is 0 Å². The second kappa shape index (κ2) is 3.96. The zero-order valence-corrected chi connectivity index (χ0v) is 7.79. The molecule has 1 N–H and O–H groups in total. The van der Waals surface area contributed by atoms with Crippen LogP contribution in [0.5, 0.6) is 0 Å². The van der Waals surface area contributed by atoms with Crippen molar-refractivity contribution in [2.45, 2.75) is 25.3 Å². The Morgan fingerprint density at radius 3 is 3.08 bits per heavy atom. The van der Waals surface area contributed by atoms with E-state index in [9.17, 15) is 4.79 Å². The van der Waals surface area contributed by atoms with Crippen LogP contribution < -0.4 is 5.32 Å². The molecule has 0 spiro atoms. The molecule has 1 unspecified atom stereocenters. The average molecular weight is 184 g/mol. The number of carbonyl (C=O) groups is 1. The fraction of sp³-hybridized carbons (Fsp3) is 0.889. The van der Waals surface area contributed by atoms with Crippen molar-refractivity contribution in [3.05, 3.63) is 0 Å². The standard InChI is InChI=1S/C9H16N2O2/c12-9-11(6-7-13-9)8-2-1-4-10-5-3-8/h8,10H,1-7H2. The largest absolute Gasteiger partial charge is 0.448 e. The second-order valence-electron chi connectivity index (χ2n) is 3.64. The summed E-state index contributed by atoms with van der Waals surface area (Å²) >= 11 is 0. The van der Waals surface area contributed by atoms with Gasteiger partial charge in [0, 0.05) is 6.04 Å². The minimum Gasteiger partial charge on any atom is -0.448 e. The molecule has 0 aromatic heterocycles. The van der Waals surface area contributed by atoms with E-state index in [0.29, 0.717) is 12.6 Å². The highest BCUT2D eigenvalue weighted by molar-refractivity contribution is 5.69. The number of nitrogens with one attached hydrogen (secondary N) is 1. The Kier molecular flexibility index (Phi) is 2.68. The molecule has 4 nitrogen and oxygen atoms in total. The number of ether oxygens (including phenoxy) is 1. The molecule has 2 aliphatic heterocycles. The van der Waals surface area contributed by atoms with E-state index in [1.807, 2.05) is 4.90 Å². The van der Waals surface area contributed by atoms with Crippen LogP contribution in [0.1, 0.15) is 19.3 Å². The third kappa shape index (κ3) is 1.94. The lowest BCUT2D eigenvalue weighted by molar-refractivity contribution is 0.145. The lowest BCUT2D eigenvalue weighted by atomic mass is 10.1. The predicted octanol–water partition coefficient (Wildman–Crippen LogP) is 0.581. The van der Waals surface area contributed by atoms with Crippen molar-refractivity contribution >= 4 is 6.09 Å². The van der Waals surface area contributed by atoms with E-state index in [2.05, 4.69) is 5.32 Å². The van der Waals surface area contributed by atoms with Gasteiger partial charge in [-0.05, 0) is 32.4 Å². The van der Waals surface area contributed by atoms with E-state index < -0.39 is 0 Å². The number of carbonyl (C=O) groups excluding carboxylic acids is 1. The maximum atomic E-state index is 11.3. The summed E-state index contributed by atoms with van der Waals surface area (Å²) in [5, 5.41) is 3.34. The maximum absolute atomic E-state index is 11.3. The molecule has 1 atom stereocenters. The number of cyclic esters (lactones) is 1. The first-order valence-corrected chi connectivity index (χ1v) is 5.02. The monoisotopic (exact) mass is 184 g/mol. The summed E-state index contributed by atoms with van der Waals surface area (Å²) in [6, 6.07) is 0.407. The van der Waals surface area contributed by atoms with E-state index in [4.69, 9.17) is 4.74 Å². The Morgan fingerprint density at radius 2 is 2.31 bits per heavy atom. The third-order valence-corrected chi connectivity index (χ3v) is 2.78.